The number of hydroxylamine groups is 2. The van der Waals surface area contributed by atoms with Gasteiger partial charge in [0.15, 0.2) is 0 Å². The summed E-state index contributed by atoms with van der Waals surface area (Å²) < 4.78 is 10.3. The van der Waals surface area contributed by atoms with E-state index in [1.54, 1.807) is 74.5 Å². The second-order valence-corrected chi connectivity index (χ2v) is 8.75. The summed E-state index contributed by atoms with van der Waals surface area (Å²) in [7, 11) is 0. The van der Waals surface area contributed by atoms with Crippen LogP contribution in [-0.4, -0.2) is 48.0 Å². The molecule has 42 heavy (non-hydrogen) atoms. The second kappa shape index (κ2) is 18.3. The molecule has 0 heterocycles. The van der Waals surface area contributed by atoms with E-state index in [0.29, 0.717) is 24.0 Å². The number of carbonyl (C=O) groups is 6. The number of amides is 4. The lowest BCUT2D eigenvalue weighted by atomic mass is 10.1. The van der Waals surface area contributed by atoms with Crippen LogP contribution in [-0.2, 0) is 51.5 Å². The molecule has 2 aromatic carbocycles. The molecule has 14 heteroatoms. The zero-order valence-electron chi connectivity index (χ0n) is 23.3. The number of carbonyl (C=O) groups excluding carboxylic acids is 6. The van der Waals surface area contributed by atoms with Crippen molar-refractivity contribution < 1.29 is 47.9 Å². The third-order valence-electron chi connectivity index (χ3n) is 5.31. The Labute approximate surface area is 242 Å². The molecule has 2 rings (SSSR count). The van der Waals surface area contributed by atoms with E-state index >= 15 is 0 Å². The van der Waals surface area contributed by atoms with Crippen LogP contribution < -0.4 is 21.6 Å². The van der Waals surface area contributed by atoms with Crippen LogP contribution >= 0.6 is 0 Å². The Bertz CT molecular complexity index is 1100. The molecule has 0 aromatic heterocycles. The van der Waals surface area contributed by atoms with Gasteiger partial charge in [0.1, 0.15) is 25.3 Å². The van der Waals surface area contributed by atoms with Gasteiger partial charge in [-0.05, 0) is 24.0 Å². The number of ether oxygens (including phenoxy) is 2. The van der Waals surface area contributed by atoms with Gasteiger partial charge in [-0.15, -0.1) is 0 Å². The predicted octanol–water partition coefficient (Wildman–Crippen LogP) is 2.33. The second-order valence-electron chi connectivity index (χ2n) is 8.75. The van der Waals surface area contributed by atoms with Crippen LogP contribution in [0.15, 0.2) is 60.7 Å². The van der Waals surface area contributed by atoms with Crippen molar-refractivity contribution in [3.63, 3.8) is 0 Å². The highest BCUT2D eigenvalue weighted by molar-refractivity contribution is 5.96. The van der Waals surface area contributed by atoms with Gasteiger partial charge < -0.3 is 29.8 Å². The maximum atomic E-state index is 13.1. The van der Waals surface area contributed by atoms with Gasteiger partial charge >= 0.3 is 24.1 Å². The lowest BCUT2D eigenvalue weighted by Gasteiger charge is -2.26. The third-order valence-corrected chi connectivity index (χ3v) is 5.31. The summed E-state index contributed by atoms with van der Waals surface area (Å²) in [5.74, 6) is -4.00. The largest absolute Gasteiger partial charge is 0.445 e. The van der Waals surface area contributed by atoms with Crippen molar-refractivity contribution in [1.82, 2.24) is 21.6 Å². The van der Waals surface area contributed by atoms with Gasteiger partial charge in [0.05, 0.1) is 0 Å². The van der Waals surface area contributed by atoms with Crippen molar-refractivity contribution in [1.29, 1.82) is 0 Å². The maximum absolute atomic E-state index is 13.1. The van der Waals surface area contributed by atoms with E-state index in [9.17, 15) is 28.8 Å². The molecule has 0 aliphatic rings. The van der Waals surface area contributed by atoms with Crippen molar-refractivity contribution >= 4 is 35.9 Å². The number of rotatable bonds is 13. The highest BCUT2D eigenvalue weighted by atomic mass is 16.7. The van der Waals surface area contributed by atoms with Gasteiger partial charge in [-0.2, -0.15) is 11.0 Å². The molecular weight excluding hydrogens is 552 g/mol. The molecular formula is C28H34N4O10. The smallest absolute Gasteiger partial charge is 0.408 e. The number of hydrogen-bond donors (Lipinski definition) is 4. The first-order valence-corrected chi connectivity index (χ1v) is 13.2. The first-order chi connectivity index (χ1) is 20.2. The van der Waals surface area contributed by atoms with Crippen molar-refractivity contribution in [2.45, 2.75) is 64.8 Å². The van der Waals surface area contributed by atoms with E-state index in [1.165, 1.54) is 0 Å². The highest BCUT2D eigenvalue weighted by Crippen LogP contribution is 2.05. The Morgan fingerprint density at radius 1 is 0.595 bits per heavy atom. The average Bonchev–Trinajstić information content (AvgIpc) is 2.99. The molecule has 0 spiro atoms. The SMILES string of the molecule is CCCC(=O)ONC(=O)[C@@H](NC(=O)OCc1ccccc1)[C@@H](NC(=O)OCc1ccccc1)C(=O)NOC(=O)CCC. The number of alkyl carbamates (subject to hydrolysis) is 2. The van der Waals surface area contributed by atoms with Gasteiger partial charge in [0.25, 0.3) is 11.8 Å². The normalized spacial score (nSPS) is 11.6. The van der Waals surface area contributed by atoms with E-state index < -0.39 is 48.0 Å². The van der Waals surface area contributed by atoms with E-state index in [1.807, 2.05) is 11.0 Å². The average molecular weight is 587 g/mol. The minimum Gasteiger partial charge on any atom is -0.445 e. The third kappa shape index (κ3) is 12.4. The fraction of sp³-hybridized carbons (Fsp3) is 0.357. The molecule has 4 N–H and O–H groups in total. The number of hydrogen-bond acceptors (Lipinski definition) is 10. The Morgan fingerprint density at radius 2 is 0.952 bits per heavy atom. The summed E-state index contributed by atoms with van der Waals surface area (Å²) in [6, 6.07) is 13.3. The van der Waals surface area contributed by atoms with Crippen LogP contribution in [0.2, 0.25) is 0 Å². The quantitative estimate of drug-likeness (QED) is 0.200. The summed E-state index contributed by atoms with van der Waals surface area (Å²) in [4.78, 5) is 84.5. The maximum Gasteiger partial charge on any atom is 0.408 e. The van der Waals surface area contributed by atoms with Crippen LogP contribution in [0, 0.1) is 0 Å². The molecule has 226 valence electrons. The highest BCUT2D eigenvalue weighted by Gasteiger charge is 2.38. The van der Waals surface area contributed by atoms with E-state index in [0.717, 1.165) is 0 Å². The molecule has 0 radical (unpaired) electrons. The summed E-state index contributed by atoms with van der Waals surface area (Å²) in [6.07, 6.45) is -1.52. The van der Waals surface area contributed by atoms with Crippen LogP contribution in [0.25, 0.3) is 0 Å². The van der Waals surface area contributed by atoms with E-state index in [4.69, 9.17) is 19.1 Å². The van der Waals surface area contributed by atoms with Crippen molar-refractivity contribution in [3.8, 4) is 0 Å². The Kier molecular flexibility index (Phi) is 14.4. The van der Waals surface area contributed by atoms with E-state index in [-0.39, 0.29) is 26.1 Å². The molecule has 14 nitrogen and oxygen atoms in total. The van der Waals surface area contributed by atoms with Crippen molar-refractivity contribution in [2.75, 3.05) is 0 Å². The number of nitrogens with one attached hydrogen (secondary N) is 4. The molecule has 2 atom stereocenters. The Balaban J connectivity index is 2.25. The fourth-order valence-corrected chi connectivity index (χ4v) is 3.24. The lowest BCUT2D eigenvalue weighted by Crippen LogP contribution is -2.63. The van der Waals surface area contributed by atoms with Crippen LogP contribution in [0.4, 0.5) is 9.59 Å². The zero-order chi connectivity index (χ0) is 30.7. The van der Waals surface area contributed by atoms with Crippen LogP contribution in [0.1, 0.15) is 50.7 Å². The summed E-state index contributed by atoms with van der Waals surface area (Å²) >= 11 is 0. The summed E-state index contributed by atoms with van der Waals surface area (Å²) in [6.45, 7) is 3.04. The summed E-state index contributed by atoms with van der Waals surface area (Å²) in [5, 5.41) is 4.36. The predicted molar refractivity (Wildman–Crippen MR) is 145 cm³/mol. The molecule has 0 bridgehead atoms. The zero-order valence-corrected chi connectivity index (χ0v) is 23.3. The standard InChI is InChI=1S/C28H34N4O10/c1-3-11-21(33)41-31-25(35)23(29-27(37)39-17-19-13-7-5-8-14-19)24(26(36)32-42-22(34)12-4-2)30-28(38)40-18-20-15-9-6-10-16-20/h5-10,13-16,23-24H,3-4,11-12,17-18H2,1-2H3,(H,29,37)(H,30,38)(H,31,35)(H,32,36)/t23-,24+. The first kappa shape index (κ1) is 33.1. The molecule has 0 saturated carbocycles. The van der Waals surface area contributed by atoms with Gasteiger partial charge in [-0.25, -0.2) is 19.2 Å². The van der Waals surface area contributed by atoms with Gasteiger partial charge in [0.2, 0.25) is 0 Å². The van der Waals surface area contributed by atoms with Gasteiger partial charge in [-0.1, -0.05) is 74.5 Å². The molecule has 0 saturated heterocycles. The van der Waals surface area contributed by atoms with Crippen LogP contribution in [0.3, 0.4) is 0 Å². The minimum atomic E-state index is -1.93. The lowest BCUT2D eigenvalue weighted by molar-refractivity contribution is -0.162. The molecule has 0 fully saturated rings. The minimum absolute atomic E-state index is 0.0289. The summed E-state index contributed by atoms with van der Waals surface area (Å²) in [5.41, 5.74) is 4.97. The Hall–Kier alpha value is -5.14. The van der Waals surface area contributed by atoms with Crippen molar-refractivity contribution in [2.24, 2.45) is 0 Å². The molecule has 4 amide bonds. The van der Waals surface area contributed by atoms with E-state index in [2.05, 4.69) is 10.6 Å². The van der Waals surface area contributed by atoms with Gasteiger partial charge in [0, 0.05) is 12.8 Å². The topological polar surface area (TPSA) is 187 Å². The molecule has 0 unspecified atom stereocenters. The molecule has 0 aliphatic heterocycles. The molecule has 0 aliphatic carbocycles. The van der Waals surface area contributed by atoms with Gasteiger partial charge in [-0.3, -0.25) is 9.59 Å². The monoisotopic (exact) mass is 586 g/mol. The number of benzene rings is 2. The van der Waals surface area contributed by atoms with Crippen LogP contribution in [0.5, 0.6) is 0 Å². The Morgan fingerprint density at radius 3 is 1.29 bits per heavy atom. The van der Waals surface area contributed by atoms with Crippen molar-refractivity contribution in [3.05, 3.63) is 71.8 Å². The first-order valence-electron chi connectivity index (χ1n) is 13.2. The molecule has 2 aromatic rings. The fourth-order valence-electron chi connectivity index (χ4n) is 3.24.